The minimum Gasteiger partial charge on any atom is -0.392 e. The lowest BCUT2D eigenvalue weighted by atomic mass is 9.88. The second-order valence-corrected chi connectivity index (χ2v) is 5.57. The number of nitrogens with zero attached hydrogens (tertiary/aromatic N) is 1. The van der Waals surface area contributed by atoms with Crippen LogP contribution in [-0.4, -0.2) is 42.3 Å². The first-order valence-corrected chi connectivity index (χ1v) is 6.14. The molecule has 0 spiro atoms. The van der Waals surface area contributed by atoms with E-state index in [1.807, 2.05) is 0 Å². The Hall–Kier alpha value is -0.120. The van der Waals surface area contributed by atoms with Crippen LogP contribution in [0.4, 0.5) is 0 Å². The number of hydrogen-bond donors (Lipinski definition) is 2. The fraction of sp³-hybridized carbons (Fsp3) is 1.00. The van der Waals surface area contributed by atoms with E-state index in [0.717, 1.165) is 39.0 Å². The molecule has 0 aromatic rings. The van der Waals surface area contributed by atoms with Gasteiger partial charge in [-0.05, 0) is 50.7 Å². The van der Waals surface area contributed by atoms with E-state index < -0.39 is 0 Å². The zero-order chi connectivity index (χ0) is 11.3. The maximum absolute atomic E-state index is 9.52. The standard InChI is InChI=1S/C12H26N2O/c1-12(2,10-13)6-4-8-14-7-3-5-11(15)9-14/h11,15H,3-10,13H2,1-2H3. The summed E-state index contributed by atoms with van der Waals surface area (Å²) in [6, 6.07) is 0. The Bertz CT molecular complexity index is 182. The van der Waals surface area contributed by atoms with Gasteiger partial charge in [-0.15, -0.1) is 0 Å². The van der Waals surface area contributed by atoms with Crippen LogP contribution in [0.3, 0.4) is 0 Å². The molecule has 1 atom stereocenters. The van der Waals surface area contributed by atoms with E-state index in [1.54, 1.807) is 0 Å². The fourth-order valence-corrected chi connectivity index (χ4v) is 2.12. The van der Waals surface area contributed by atoms with Crippen LogP contribution in [0.15, 0.2) is 0 Å². The molecular weight excluding hydrogens is 188 g/mol. The lowest BCUT2D eigenvalue weighted by molar-refractivity contribution is 0.0683. The van der Waals surface area contributed by atoms with Crippen LogP contribution in [0.25, 0.3) is 0 Å². The quantitative estimate of drug-likeness (QED) is 0.723. The molecule has 3 heteroatoms. The molecule has 1 fully saturated rings. The highest BCUT2D eigenvalue weighted by Crippen LogP contribution is 2.21. The van der Waals surface area contributed by atoms with Gasteiger partial charge in [-0.25, -0.2) is 0 Å². The van der Waals surface area contributed by atoms with Crippen molar-refractivity contribution in [1.29, 1.82) is 0 Å². The molecule has 1 aliphatic heterocycles. The molecule has 0 radical (unpaired) electrons. The van der Waals surface area contributed by atoms with Gasteiger partial charge in [0, 0.05) is 6.54 Å². The Morgan fingerprint density at radius 2 is 2.20 bits per heavy atom. The summed E-state index contributed by atoms with van der Waals surface area (Å²) in [5.74, 6) is 0. The maximum atomic E-state index is 9.52. The van der Waals surface area contributed by atoms with Gasteiger partial charge < -0.3 is 15.7 Å². The van der Waals surface area contributed by atoms with Gasteiger partial charge in [0.2, 0.25) is 0 Å². The van der Waals surface area contributed by atoms with Crippen LogP contribution in [0.1, 0.15) is 39.5 Å². The Balaban J connectivity index is 2.14. The van der Waals surface area contributed by atoms with Gasteiger partial charge in [-0.1, -0.05) is 13.8 Å². The van der Waals surface area contributed by atoms with Crippen molar-refractivity contribution >= 4 is 0 Å². The second-order valence-electron chi connectivity index (χ2n) is 5.57. The maximum Gasteiger partial charge on any atom is 0.0667 e. The Morgan fingerprint density at radius 1 is 1.47 bits per heavy atom. The van der Waals surface area contributed by atoms with Crippen LogP contribution in [0.5, 0.6) is 0 Å². The van der Waals surface area contributed by atoms with Crippen molar-refractivity contribution in [2.75, 3.05) is 26.2 Å². The van der Waals surface area contributed by atoms with Gasteiger partial charge >= 0.3 is 0 Å². The number of piperidine rings is 1. The number of likely N-dealkylation sites (tertiary alicyclic amines) is 1. The SMILES string of the molecule is CC(C)(CN)CCCN1CCCC(O)C1. The average molecular weight is 214 g/mol. The van der Waals surface area contributed by atoms with E-state index in [0.29, 0.717) is 0 Å². The van der Waals surface area contributed by atoms with E-state index >= 15 is 0 Å². The highest BCUT2D eigenvalue weighted by atomic mass is 16.3. The van der Waals surface area contributed by atoms with Crippen LogP contribution in [0, 0.1) is 5.41 Å². The normalized spacial score (nSPS) is 24.4. The number of nitrogens with two attached hydrogens (primary N) is 1. The van der Waals surface area contributed by atoms with Gasteiger partial charge in [0.1, 0.15) is 0 Å². The smallest absolute Gasteiger partial charge is 0.0667 e. The molecular formula is C12H26N2O. The molecule has 0 aliphatic carbocycles. The minimum atomic E-state index is -0.0960. The van der Waals surface area contributed by atoms with Crippen molar-refractivity contribution in [2.24, 2.45) is 11.1 Å². The molecule has 1 unspecified atom stereocenters. The van der Waals surface area contributed by atoms with Crippen molar-refractivity contribution in [3.63, 3.8) is 0 Å². The number of aliphatic hydroxyl groups excluding tert-OH is 1. The van der Waals surface area contributed by atoms with Gasteiger partial charge in [0.05, 0.1) is 6.10 Å². The number of β-amino-alcohol motifs (C(OH)–C–C–N with tert-alkyl or cyclic N) is 1. The number of hydrogen-bond acceptors (Lipinski definition) is 3. The molecule has 1 heterocycles. The third-order valence-electron chi connectivity index (χ3n) is 3.36. The highest BCUT2D eigenvalue weighted by molar-refractivity contribution is 4.74. The van der Waals surface area contributed by atoms with E-state index in [9.17, 15) is 5.11 Å². The minimum absolute atomic E-state index is 0.0960. The molecule has 15 heavy (non-hydrogen) atoms. The van der Waals surface area contributed by atoms with E-state index in [-0.39, 0.29) is 11.5 Å². The number of rotatable bonds is 5. The van der Waals surface area contributed by atoms with E-state index in [2.05, 4.69) is 18.7 Å². The zero-order valence-electron chi connectivity index (χ0n) is 10.2. The monoisotopic (exact) mass is 214 g/mol. The Morgan fingerprint density at radius 3 is 2.80 bits per heavy atom. The number of aliphatic hydroxyl groups is 1. The zero-order valence-corrected chi connectivity index (χ0v) is 10.2. The lowest BCUT2D eigenvalue weighted by Gasteiger charge is -2.31. The first-order chi connectivity index (χ1) is 7.03. The van der Waals surface area contributed by atoms with E-state index in [1.165, 1.54) is 12.8 Å². The molecule has 1 rings (SSSR count). The molecule has 0 aromatic heterocycles. The van der Waals surface area contributed by atoms with Crippen LogP contribution in [-0.2, 0) is 0 Å². The predicted molar refractivity (Wildman–Crippen MR) is 63.8 cm³/mol. The summed E-state index contributed by atoms with van der Waals surface area (Å²) in [6.07, 6.45) is 4.39. The molecule has 0 aromatic carbocycles. The van der Waals surface area contributed by atoms with Crippen LogP contribution in [0.2, 0.25) is 0 Å². The molecule has 1 aliphatic rings. The van der Waals surface area contributed by atoms with Crippen molar-refractivity contribution in [3.8, 4) is 0 Å². The van der Waals surface area contributed by atoms with Gasteiger partial charge in [0.25, 0.3) is 0 Å². The summed E-state index contributed by atoms with van der Waals surface area (Å²) >= 11 is 0. The summed E-state index contributed by atoms with van der Waals surface area (Å²) in [5, 5.41) is 9.52. The predicted octanol–water partition coefficient (Wildman–Crippen LogP) is 1.21. The van der Waals surface area contributed by atoms with Crippen molar-refractivity contribution in [2.45, 2.75) is 45.6 Å². The first-order valence-electron chi connectivity index (χ1n) is 6.14. The summed E-state index contributed by atoms with van der Waals surface area (Å²) in [6.45, 7) is 8.33. The largest absolute Gasteiger partial charge is 0.392 e. The highest BCUT2D eigenvalue weighted by Gasteiger charge is 2.19. The van der Waals surface area contributed by atoms with Gasteiger partial charge in [0.15, 0.2) is 0 Å². The Kier molecular flexibility index (Phi) is 5.03. The third-order valence-corrected chi connectivity index (χ3v) is 3.36. The van der Waals surface area contributed by atoms with E-state index in [4.69, 9.17) is 5.73 Å². The fourth-order valence-electron chi connectivity index (χ4n) is 2.12. The molecule has 0 amide bonds. The molecule has 0 bridgehead atoms. The first kappa shape index (κ1) is 12.9. The average Bonchev–Trinajstić information content (AvgIpc) is 2.18. The lowest BCUT2D eigenvalue weighted by Crippen LogP contribution is -2.39. The summed E-state index contributed by atoms with van der Waals surface area (Å²) < 4.78 is 0. The van der Waals surface area contributed by atoms with Gasteiger partial charge in [-0.2, -0.15) is 0 Å². The van der Waals surface area contributed by atoms with Crippen molar-refractivity contribution in [3.05, 3.63) is 0 Å². The second kappa shape index (κ2) is 5.83. The van der Waals surface area contributed by atoms with Crippen molar-refractivity contribution < 1.29 is 5.11 Å². The summed E-state index contributed by atoms with van der Waals surface area (Å²) in [5.41, 5.74) is 5.97. The topological polar surface area (TPSA) is 49.5 Å². The molecule has 3 nitrogen and oxygen atoms in total. The molecule has 90 valence electrons. The Labute approximate surface area is 93.6 Å². The molecule has 0 saturated carbocycles. The third kappa shape index (κ3) is 4.96. The van der Waals surface area contributed by atoms with Gasteiger partial charge in [-0.3, -0.25) is 0 Å². The van der Waals surface area contributed by atoms with Crippen molar-refractivity contribution in [1.82, 2.24) is 4.90 Å². The summed E-state index contributed by atoms with van der Waals surface area (Å²) in [7, 11) is 0. The van der Waals surface area contributed by atoms with Crippen LogP contribution < -0.4 is 5.73 Å². The van der Waals surface area contributed by atoms with Crippen LogP contribution >= 0.6 is 0 Å². The molecule has 1 saturated heterocycles. The summed E-state index contributed by atoms with van der Waals surface area (Å²) in [4.78, 5) is 2.38. The molecule has 3 N–H and O–H groups in total.